The molecule has 0 aliphatic heterocycles. The Labute approximate surface area is 143 Å². The highest BCUT2D eigenvalue weighted by Gasteiger charge is 2.11. The molecule has 2 rings (SSSR count). The van der Waals surface area contributed by atoms with Crippen LogP contribution in [0.5, 0.6) is 0 Å². The van der Waals surface area contributed by atoms with Crippen LogP contribution in [0.15, 0.2) is 47.2 Å². The van der Waals surface area contributed by atoms with Crippen LogP contribution in [0.1, 0.15) is 24.1 Å². The van der Waals surface area contributed by atoms with E-state index in [1.165, 1.54) is 17.4 Å². The van der Waals surface area contributed by atoms with Crippen LogP contribution in [0.3, 0.4) is 0 Å². The van der Waals surface area contributed by atoms with Crippen molar-refractivity contribution >= 4 is 40.9 Å². The maximum absolute atomic E-state index is 11.8. The molecule has 0 saturated heterocycles. The number of hydrogen-bond donors (Lipinski definition) is 1. The summed E-state index contributed by atoms with van der Waals surface area (Å²) in [7, 11) is 0. The van der Waals surface area contributed by atoms with E-state index in [-0.39, 0.29) is 18.6 Å². The second-order valence-electron chi connectivity index (χ2n) is 4.84. The average molecular weight is 350 g/mol. The molecule has 1 atom stereocenters. The summed E-state index contributed by atoms with van der Waals surface area (Å²) < 4.78 is 4.90. The Morgan fingerprint density at radius 3 is 2.70 bits per heavy atom. The number of hydrogen-bond acceptors (Lipinski definition) is 4. The third-order valence-corrected chi connectivity index (χ3v) is 4.00. The van der Waals surface area contributed by atoms with Crippen LogP contribution in [0.4, 0.5) is 0 Å². The molecule has 4 nitrogen and oxygen atoms in total. The van der Waals surface area contributed by atoms with E-state index in [1.54, 1.807) is 18.2 Å². The van der Waals surface area contributed by atoms with E-state index in [1.807, 2.05) is 35.9 Å². The molecular weight excluding hydrogens is 334 g/mol. The Kier molecular flexibility index (Phi) is 6.38. The van der Waals surface area contributed by atoms with Crippen molar-refractivity contribution in [3.8, 4) is 0 Å². The average Bonchev–Trinajstić information content (AvgIpc) is 3.05. The van der Waals surface area contributed by atoms with Crippen molar-refractivity contribution in [2.45, 2.75) is 13.0 Å². The summed E-state index contributed by atoms with van der Waals surface area (Å²) in [6.45, 7) is 1.53. The number of benzene rings is 1. The molecule has 120 valence electrons. The van der Waals surface area contributed by atoms with Crippen LogP contribution in [0.25, 0.3) is 6.08 Å². The quantitative estimate of drug-likeness (QED) is 0.637. The number of halogens is 1. The van der Waals surface area contributed by atoms with Gasteiger partial charge in [-0.3, -0.25) is 4.79 Å². The number of thiophene rings is 1. The van der Waals surface area contributed by atoms with Gasteiger partial charge in [0.05, 0.1) is 6.04 Å². The second kappa shape index (κ2) is 8.50. The molecule has 1 aromatic carbocycles. The summed E-state index contributed by atoms with van der Waals surface area (Å²) in [5.41, 5.74) is 1.85. The molecule has 1 heterocycles. The Bertz CT molecular complexity index is 680. The van der Waals surface area contributed by atoms with Crippen molar-refractivity contribution in [3.63, 3.8) is 0 Å². The van der Waals surface area contributed by atoms with E-state index < -0.39 is 5.97 Å². The van der Waals surface area contributed by atoms with E-state index >= 15 is 0 Å². The first-order chi connectivity index (χ1) is 11.0. The summed E-state index contributed by atoms with van der Waals surface area (Å²) in [6.07, 6.45) is 2.95. The van der Waals surface area contributed by atoms with Gasteiger partial charge in [0.2, 0.25) is 0 Å². The second-order valence-corrected chi connectivity index (χ2v) is 6.05. The zero-order chi connectivity index (χ0) is 16.7. The lowest BCUT2D eigenvalue weighted by molar-refractivity contribution is -0.144. The summed E-state index contributed by atoms with van der Waals surface area (Å²) in [6, 6.07) is 8.88. The fourth-order valence-electron chi connectivity index (χ4n) is 1.84. The van der Waals surface area contributed by atoms with Gasteiger partial charge in [-0.1, -0.05) is 23.7 Å². The minimum absolute atomic E-state index is 0.195. The van der Waals surface area contributed by atoms with E-state index in [2.05, 4.69) is 5.32 Å². The topological polar surface area (TPSA) is 55.4 Å². The Morgan fingerprint density at radius 1 is 1.30 bits per heavy atom. The molecule has 0 aliphatic rings. The number of rotatable bonds is 6. The molecule has 0 saturated carbocycles. The largest absolute Gasteiger partial charge is 0.452 e. The number of amides is 1. The van der Waals surface area contributed by atoms with Crippen molar-refractivity contribution in [3.05, 3.63) is 63.3 Å². The Balaban J connectivity index is 1.76. The van der Waals surface area contributed by atoms with E-state index in [9.17, 15) is 9.59 Å². The lowest BCUT2D eigenvalue weighted by atomic mass is 10.1. The first-order valence-corrected chi connectivity index (χ1v) is 8.28. The minimum atomic E-state index is -0.550. The molecule has 0 bridgehead atoms. The van der Waals surface area contributed by atoms with Crippen molar-refractivity contribution in [2.75, 3.05) is 6.61 Å². The predicted molar refractivity (Wildman–Crippen MR) is 92.3 cm³/mol. The zero-order valence-electron chi connectivity index (χ0n) is 12.5. The monoisotopic (exact) mass is 349 g/mol. The SMILES string of the molecule is C[C@@H](NC(=O)COC(=O)/C=C/c1ccsc1)c1ccc(Cl)cc1. The predicted octanol–water partition coefficient (Wildman–Crippen LogP) is 3.84. The number of carbonyl (C=O) groups excluding carboxylic acids is 2. The molecule has 1 aromatic heterocycles. The first kappa shape index (κ1) is 17.2. The Hall–Kier alpha value is -2.11. The van der Waals surface area contributed by atoms with Crippen molar-refractivity contribution in [2.24, 2.45) is 0 Å². The number of carbonyl (C=O) groups is 2. The number of esters is 1. The normalized spacial score (nSPS) is 12.1. The maximum Gasteiger partial charge on any atom is 0.331 e. The lowest BCUT2D eigenvalue weighted by Crippen LogP contribution is -2.30. The van der Waals surface area contributed by atoms with Gasteiger partial charge in [0.1, 0.15) is 0 Å². The third kappa shape index (κ3) is 5.88. The van der Waals surface area contributed by atoms with E-state index in [0.29, 0.717) is 5.02 Å². The van der Waals surface area contributed by atoms with Crippen LogP contribution in [0, 0.1) is 0 Å². The van der Waals surface area contributed by atoms with Crippen LogP contribution >= 0.6 is 22.9 Å². The fourth-order valence-corrected chi connectivity index (χ4v) is 2.59. The smallest absolute Gasteiger partial charge is 0.331 e. The highest BCUT2D eigenvalue weighted by molar-refractivity contribution is 7.08. The zero-order valence-corrected chi connectivity index (χ0v) is 14.1. The van der Waals surface area contributed by atoms with E-state index in [0.717, 1.165) is 11.1 Å². The van der Waals surface area contributed by atoms with Gasteiger partial charge >= 0.3 is 5.97 Å². The first-order valence-electron chi connectivity index (χ1n) is 6.96. The lowest BCUT2D eigenvalue weighted by Gasteiger charge is -2.14. The Morgan fingerprint density at radius 2 is 2.04 bits per heavy atom. The summed E-state index contributed by atoms with van der Waals surface area (Å²) in [4.78, 5) is 23.3. The van der Waals surface area contributed by atoms with E-state index in [4.69, 9.17) is 16.3 Å². The molecule has 0 spiro atoms. The van der Waals surface area contributed by atoms with Crippen LogP contribution in [-0.2, 0) is 14.3 Å². The number of ether oxygens (including phenoxy) is 1. The summed E-state index contributed by atoms with van der Waals surface area (Å²) in [5.74, 6) is -0.907. The van der Waals surface area contributed by atoms with Crippen molar-refractivity contribution in [1.29, 1.82) is 0 Å². The van der Waals surface area contributed by atoms with Gasteiger partial charge in [-0.05, 0) is 53.1 Å². The number of nitrogens with one attached hydrogen (secondary N) is 1. The summed E-state index contributed by atoms with van der Waals surface area (Å²) in [5, 5.41) is 7.22. The molecule has 0 aliphatic carbocycles. The van der Waals surface area contributed by atoms with Gasteiger partial charge in [0, 0.05) is 11.1 Å². The highest BCUT2D eigenvalue weighted by atomic mass is 35.5. The minimum Gasteiger partial charge on any atom is -0.452 e. The molecule has 0 unspecified atom stereocenters. The van der Waals surface area contributed by atoms with Gasteiger partial charge in [-0.2, -0.15) is 11.3 Å². The van der Waals surface area contributed by atoms with Gasteiger partial charge in [-0.25, -0.2) is 4.79 Å². The van der Waals surface area contributed by atoms with Crippen molar-refractivity contribution < 1.29 is 14.3 Å². The van der Waals surface area contributed by atoms with Gasteiger partial charge < -0.3 is 10.1 Å². The van der Waals surface area contributed by atoms with Crippen LogP contribution in [0.2, 0.25) is 5.02 Å². The van der Waals surface area contributed by atoms with Crippen LogP contribution in [-0.4, -0.2) is 18.5 Å². The fraction of sp³-hybridized carbons (Fsp3) is 0.176. The molecule has 0 radical (unpaired) electrons. The summed E-state index contributed by atoms with van der Waals surface area (Å²) >= 11 is 7.36. The molecule has 1 amide bonds. The molecule has 1 N–H and O–H groups in total. The van der Waals surface area contributed by atoms with Gasteiger partial charge in [0.15, 0.2) is 6.61 Å². The van der Waals surface area contributed by atoms with Crippen molar-refractivity contribution in [1.82, 2.24) is 5.32 Å². The molecule has 0 fully saturated rings. The van der Waals surface area contributed by atoms with Gasteiger partial charge in [0.25, 0.3) is 5.91 Å². The molecular formula is C17H16ClNO3S. The maximum atomic E-state index is 11.8. The third-order valence-electron chi connectivity index (χ3n) is 3.05. The highest BCUT2D eigenvalue weighted by Crippen LogP contribution is 2.15. The molecule has 23 heavy (non-hydrogen) atoms. The molecule has 6 heteroatoms. The van der Waals surface area contributed by atoms with Crippen LogP contribution < -0.4 is 5.32 Å². The molecule has 2 aromatic rings. The van der Waals surface area contributed by atoms with Gasteiger partial charge in [-0.15, -0.1) is 0 Å². The standard InChI is InChI=1S/C17H16ClNO3S/c1-12(14-3-5-15(18)6-4-14)19-16(20)10-22-17(21)7-2-13-8-9-23-11-13/h2-9,11-12H,10H2,1H3,(H,19,20)/b7-2+/t12-/m1/s1.